The summed E-state index contributed by atoms with van der Waals surface area (Å²) in [5.41, 5.74) is 5.48. The van der Waals surface area contributed by atoms with Crippen LogP contribution < -0.4 is 0 Å². The predicted molar refractivity (Wildman–Crippen MR) is 151 cm³/mol. The quantitative estimate of drug-likeness (QED) is 0.304. The van der Waals surface area contributed by atoms with E-state index in [0.717, 1.165) is 60.3 Å². The van der Waals surface area contributed by atoms with E-state index in [1.165, 1.54) is 19.1 Å². The lowest BCUT2D eigenvalue weighted by atomic mass is 9.83. The number of fused-ring (bicyclic) bond motifs is 1. The Morgan fingerprint density at radius 1 is 1.29 bits per heavy atom. The van der Waals surface area contributed by atoms with Gasteiger partial charge in [0.05, 0.1) is 30.7 Å². The van der Waals surface area contributed by atoms with Crippen LogP contribution in [0.4, 0.5) is 0 Å². The fourth-order valence-corrected chi connectivity index (χ4v) is 6.74. The summed E-state index contributed by atoms with van der Waals surface area (Å²) in [6, 6.07) is 6.35. The van der Waals surface area contributed by atoms with Gasteiger partial charge in [0, 0.05) is 28.5 Å². The van der Waals surface area contributed by atoms with E-state index in [2.05, 4.69) is 24.8 Å². The number of carbonyl (C=O) groups is 1. The Hall–Kier alpha value is -2.48. The van der Waals surface area contributed by atoms with E-state index in [4.69, 9.17) is 43.0 Å². The van der Waals surface area contributed by atoms with Crippen LogP contribution in [0.15, 0.2) is 30.5 Å². The van der Waals surface area contributed by atoms with Crippen LogP contribution >= 0.6 is 23.2 Å². The van der Waals surface area contributed by atoms with Crippen molar-refractivity contribution in [3.05, 3.63) is 57.5 Å². The van der Waals surface area contributed by atoms with Crippen LogP contribution in [0.2, 0.25) is 10.0 Å². The zero-order chi connectivity index (χ0) is 27.0. The van der Waals surface area contributed by atoms with E-state index in [0.29, 0.717) is 34.5 Å². The van der Waals surface area contributed by atoms with Crippen LogP contribution in [0, 0.1) is 12.8 Å². The number of nitrogens with zero attached hydrogens (tertiary/aromatic N) is 5. The number of halogens is 2. The number of rotatable bonds is 7. The van der Waals surface area contributed by atoms with Crippen molar-refractivity contribution in [3.63, 3.8) is 0 Å². The first kappa shape index (κ1) is 27.1. The number of allylic oxidation sites excluding steroid dienone is 1. The molecule has 3 heterocycles. The number of esters is 1. The van der Waals surface area contributed by atoms with Crippen LogP contribution in [0.3, 0.4) is 0 Å². The van der Waals surface area contributed by atoms with Crippen LogP contribution in [0.1, 0.15) is 75.4 Å². The van der Waals surface area contributed by atoms with Crippen LogP contribution in [-0.2, 0) is 9.53 Å². The van der Waals surface area contributed by atoms with Crippen LogP contribution in [0.25, 0.3) is 16.7 Å². The molecule has 0 N–H and O–H groups in total. The van der Waals surface area contributed by atoms with Crippen molar-refractivity contribution in [2.75, 3.05) is 13.7 Å². The van der Waals surface area contributed by atoms with Gasteiger partial charge < -0.3 is 4.74 Å². The molecule has 3 aromatic rings. The molecule has 2 aliphatic rings. The molecule has 0 spiro atoms. The fraction of sp³-hybridized carbons (Fsp3) is 0.517. The minimum absolute atomic E-state index is 0.119. The van der Waals surface area contributed by atoms with Gasteiger partial charge in [0.15, 0.2) is 5.65 Å². The van der Waals surface area contributed by atoms with E-state index in [9.17, 15) is 4.79 Å². The maximum atomic E-state index is 11.7. The van der Waals surface area contributed by atoms with Crippen molar-refractivity contribution in [2.45, 2.75) is 77.4 Å². The molecule has 1 saturated heterocycles. The zero-order valence-electron chi connectivity index (χ0n) is 22.5. The van der Waals surface area contributed by atoms with Gasteiger partial charge in [0.2, 0.25) is 0 Å². The molecule has 0 amide bonds. The molecule has 0 radical (unpaired) electrons. The van der Waals surface area contributed by atoms with Gasteiger partial charge in [0.25, 0.3) is 0 Å². The third kappa shape index (κ3) is 5.33. The summed E-state index contributed by atoms with van der Waals surface area (Å²) in [5, 5.41) is 6.00. The Bertz CT molecular complexity index is 1370. The summed E-state index contributed by atoms with van der Waals surface area (Å²) >= 11 is 12.6. The van der Waals surface area contributed by atoms with Gasteiger partial charge in [-0.05, 0) is 81.7 Å². The van der Waals surface area contributed by atoms with Gasteiger partial charge in [-0.3, -0.25) is 9.69 Å². The topological polar surface area (TPSA) is 73.1 Å². The average Bonchev–Trinajstić information content (AvgIpc) is 3.50. The number of likely N-dealkylation sites (tertiary alicyclic amines) is 1. The molecule has 1 fully saturated rings. The van der Waals surface area contributed by atoms with Crippen LogP contribution in [-0.4, -0.2) is 56.4 Å². The predicted octanol–water partition coefficient (Wildman–Crippen LogP) is 6.65. The monoisotopic (exact) mass is 555 g/mol. The zero-order valence-corrected chi connectivity index (χ0v) is 24.0. The Morgan fingerprint density at radius 2 is 2.11 bits per heavy atom. The molecule has 1 aliphatic heterocycles. The first-order chi connectivity index (χ1) is 18.3. The number of hydrogen-bond donors (Lipinski definition) is 0. The average molecular weight is 557 g/mol. The second-order valence-corrected chi connectivity index (χ2v) is 11.5. The number of benzene rings is 1. The molecule has 2 unspecified atom stereocenters. The summed E-state index contributed by atoms with van der Waals surface area (Å²) in [7, 11) is 1.46. The third-order valence-corrected chi connectivity index (χ3v) is 8.80. The number of carbonyl (C=O) groups excluding carboxylic acids is 1. The van der Waals surface area contributed by atoms with E-state index in [1.54, 1.807) is 6.07 Å². The molecule has 0 bridgehead atoms. The second kappa shape index (κ2) is 11.3. The van der Waals surface area contributed by atoms with Crippen molar-refractivity contribution in [2.24, 2.45) is 5.92 Å². The molecule has 38 heavy (non-hydrogen) atoms. The number of ether oxygens (including phenoxy) is 1. The Morgan fingerprint density at radius 3 is 2.84 bits per heavy atom. The molecule has 2 aromatic heterocycles. The molecule has 7 nitrogen and oxygen atoms in total. The first-order valence-electron chi connectivity index (χ1n) is 13.5. The third-order valence-electron chi connectivity index (χ3n) is 8.24. The van der Waals surface area contributed by atoms with E-state index in [-0.39, 0.29) is 12.0 Å². The van der Waals surface area contributed by atoms with E-state index < -0.39 is 0 Å². The van der Waals surface area contributed by atoms with Gasteiger partial charge >= 0.3 is 5.97 Å². The maximum absolute atomic E-state index is 11.7. The van der Waals surface area contributed by atoms with Gasteiger partial charge in [-0.25, -0.2) is 14.6 Å². The molecule has 4 atom stereocenters. The smallest absolute Gasteiger partial charge is 0.305 e. The highest BCUT2D eigenvalue weighted by Gasteiger charge is 2.35. The first-order valence-corrected chi connectivity index (χ1v) is 14.2. The number of aryl methyl sites for hydroxylation is 1. The molecular weight excluding hydrogens is 521 g/mol. The van der Waals surface area contributed by atoms with Crippen molar-refractivity contribution >= 4 is 45.9 Å². The largest absolute Gasteiger partial charge is 0.469 e. The van der Waals surface area contributed by atoms with Crippen molar-refractivity contribution in [3.8, 4) is 0 Å². The number of methoxy groups -OCH3 is 1. The molecule has 1 aromatic carbocycles. The summed E-state index contributed by atoms with van der Waals surface area (Å²) in [6.07, 6.45) is 9.83. The highest BCUT2D eigenvalue weighted by Crippen LogP contribution is 2.37. The summed E-state index contributed by atoms with van der Waals surface area (Å²) < 4.78 is 6.79. The van der Waals surface area contributed by atoms with Gasteiger partial charge in [-0.15, -0.1) is 0 Å². The van der Waals surface area contributed by atoms with Crippen molar-refractivity contribution in [1.29, 1.82) is 0 Å². The minimum atomic E-state index is -0.124. The standard InChI is InChI=1S/C29H35Cl2N5O2/c1-17-14-20(7-11-26(17)35-13-5-6-22(35)9-12-27(37)38-4)25-16-32-28-18(2)34-36(29(28)33-25)19(3)23-10-8-21(30)15-24(23)31/h7-8,10,15-17,19,22,26H,5-6,9,11-14H2,1-4H3/t17-,19?,22?,26+/m1/s1. The molecule has 5 rings (SSSR count). The lowest BCUT2D eigenvalue weighted by Crippen LogP contribution is -2.44. The summed E-state index contributed by atoms with van der Waals surface area (Å²) in [4.78, 5) is 24.2. The minimum Gasteiger partial charge on any atom is -0.469 e. The number of hydrogen-bond acceptors (Lipinski definition) is 6. The van der Waals surface area contributed by atoms with Crippen molar-refractivity contribution < 1.29 is 9.53 Å². The van der Waals surface area contributed by atoms with Gasteiger partial charge in [-0.2, -0.15) is 5.10 Å². The van der Waals surface area contributed by atoms with E-state index in [1.807, 2.05) is 29.9 Å². The highest BCUT2D eigenvalue weighted by atomic mass is 35.5. The lowest BCUT2D eigenvalue weighted by Gasteiger charge is -2.39. The maximum Gasteiger partial charge on any atom is 0.305 e. The van der Waals surface area contributed by atoms with Gasteiger partial charge in [0.1, 0.15) is 5.52 Å². The normalized spacial score (nSPS) is 23.0. The highest BCUT2D eigenvalue weighted by molar-refractivity contribution is 6.35. The lowest BCUT2D eigenvalue weighted by molar-refractivity contribution is -0.141. The SMILES string of the molecule is COC(=O)CCC1CCCN1[C@H]1CC=C(c2cnc3c(C)nn(C(C)c4ccc(Cl)cc4Cl)c3n2)C[C@H]1C. The molecule has 1 aliphatic carbocycles. The Balaban J connectivity index is 1.38. The summed E-state index contributed by atoms with van der Waals surface area (Å²) in [6.45, 7) is 7.45. The Labute approximate surface area is 234 Å². The Kier molecular flexibility index (Phi) is 8.08. The van der Waals surface area contributed by atoms with E-state index >= 15 is 0 Å². The second-order valence-electron chi connectivity index (χ2n) is 10.7. The van der Waals surface area contributed by atoms with Crippen LogP contribution in [0.5, 0.6) is 0 Å². The van der Waals surface area contributed by atoms with Gasteiger partial charge in [-0.1, -0.05) is 42.3 Å². The van der Waals surface area contributed by atoms with Crippen molar-refractivity contribution in [1.82, 2.24) is 24.6 Å². The summed E-state index contributed by atoms with van der Waals surface area (Å²) in [5.74, 6) is 0.358. The molecular formula is C29H35Cl2N5O2. The molecule has 9 heteroatoms. The molecule has 0 saturated carbocycles. The molecule has 202 valence electrons. The fourth-order valence-electron chi connectivity index (χ4n) is 6.17. The number of aromatic nitrogens is 4.